The minimum absolute atomic E-state index is 0.0289. The summed E-state index contributed by atoms with van der Waals surface area (Å²) in [5.41, 5.74) is 0.650. The van der Waals surface area contributed by atoms with Crippen LogP contribution in [0, 0.1) is 0 Å². The number of carbonyl (C=O) groups is 1. The van der Waals surface area contributed by atoms with Gasteiger partial charge in [0.05, 0.1) is 12.1 Å². The van der Waals surface area contributed by atoms with Gasteiger partial charge < -0.3 is 10.1 Å². The molecule has 84 valence electrons. The highest BCUT2D eigenvalue weighted by Gasteiger charge is 2.05. The quantitative estimate of drug-likeness (QED) is 0.810. The molecule has 0 bridgehead atoms. The lowest BCUT2D eigenvalue weighted by molar-refractivity contribution is -0.138. The number of carbonyl (C=O) groups excluding carboxylic acids is 1. The number of methoxy groups -OCH3 is 1. The van der Waals surface area contributed by atoms with Crippen molar-refractivity contribution in [3.63, 3.8) is 0 Å². The first-order valence-electron chi connectivity index (χ1n) is 4.51. The van der Waals surface area contributed by atoms with Crippen molar-refractivity contribution >= 4 is 29.2 Å². The van der Waals surface area contributed by atoms with Crippen molar-refractivity contribution in [2.75, 3.05) is 19.0 Å². The van der Waals surface area contributed by atoms with Crippen LogP contribution < -0.4 is 5.32 Å². The Balaban J connectivity index is 2.16. The number of esters is 1. The molecule has 0 radical (unpaired) electrons. The summed E-state index contributed by atoms with van der Waals surface area (Å²) in [4.78, 5) is 15.0. The summed E-state index contributed by atoms with van der Waals surface area (Å²) in [6.07, 6.45) is 1.63. The minimum atomic E-state index is -0.378. The summed E-state index contributed by atoms with van der Waals surface area (Å²) in [5.74, 6) is -0.0236. The van der Waals surface area contributed by atoms with Crippen LogP contribution in [0.3, 0.4) is 0 Å². The number of halogens is 1. The third-order valence-electron chi connectivity index (χ3n) is 1.91. The van der Waals surface area contributed by atoms with E-state index in [0.717, 1.165) is 0 Å². The molecule has 2 aromatic rings. The largest absolute Gasteiger partial charge is 0.468 e. The maximum atomic E-state index is 10.9. The summed E-state index contributed by atoms with van der Waals surface area (Å²) in [5, 5.41) is 7.39. The Morgan fingerprint density at radius 2 is 2.44 bits per heavy atom. The second-order valence-corrected chi connectivity index (χ2v) is 3.45. The monoisotopic (exact) mass is 240 g/mol. The maximum Gasteiger partial charge on any atom is 0.325 e. The summed E-state index contributed by atoms with van der Waals surface area (Å²) < 4.78 is 6.01. The topological polar surface area (TPSA) is 68.5 Å². The fraction of sp³-hybridized carbons (Fsp3) is 0.222. The Kier molecular flexibility index (Phi) is 2.91. The van der Waals surface area contributed by atoms with Crippen molar-refractivity contribution in [2.45, 2.75) is 0 Å². The van der Waals surface area contributed by atoms with Gasteiger partial charge in [-0.2, -0.15) is 4.98 Å². The van der Waals surface area contributed by atoms with Gasteiger partial charge in [0.2, 0.25) is 5.95 Å². The Bertz CT molecular complexity index is 525. The van der Waals surface area contributed by atoms with Crippen molar-refractivity contribution in [1.82, 2.24) is 14.6 Å². The zero-order chi connectivity index (χ0) is 11.5. The minimum Gasteiger partial charge on any atom is -0.468 e. The molecule has 0 saturated carbocycles. The smallest absolute Gasteiger partial charge is 0.325 e. The Hall–Kier alpha value is -1.82. The summed E-state index contributed by atoms with van der Waals surface area (Å²) in [6, 6.07) is 3.45. The second-order valence-electron chi connectivity index (χ2n) is 3.02. The van der Waals surface area contributed by atoms with Gasteiger partial charge in [-0.25, -0.2) is 4.52 Å². The normalized spacial score (nSPS) is 10.4. The van der Waals surface area contributed by atoms with Crippen molar-refractivity contribution in [3.05, 3.63) is 23.4 Å². The highest BCUT2D eigenvalue weighted by atomic mass is 35.5. The van der Waals surface area contributed by atoms with Crippen LogP contribution in [-0.4, -0.2) is 34.2 Å². The molecule has 0 aliphatic carbocycles. The standard InChI is InChI=1S/C9H9ClN4O2/c1-16-8(15)4-11-9-12-7-3-2-6(10)5-14(7)13-9/h2-3,5H,4H2,1H3,(H,11,13). The van der Waals surface area contributed by atoms with Crippen LogP contribution in [0.5, 0.6) is 0 Å². The van der Waals surface area contributed by atoms with Gasteiger partial charge >= 0.3 is 5.97 Å². The predicted octanol–water partition coefficient (Wildman–Crippen LogP) is 0.968. The van der Waals surface area contributed by atoms with E-state index < -0.39 is 0 Å². The fourth-order valence-corrected chi connectivity index (χ4v) is 1.31. The van der Waals surface area contributed by atoms with E-state index in [1.165, 1.54) is 11.6 Å². The summed E-state index contributed by atoms with van der Waals surface area (Å²) in [6.45, 7) is 0.0289. The molecular weight excluding hydrogens is 232 g/mol. The van der Waals surface area contributed by atoms with E-state index in [0.29, 0.717) is 16.6 Å². The Morgan fingerprint density at radius 1 is 1.62 bits per heavy atom. The van der Waals surface area contributed by atoms with E-state index in [4.69, 9.17) is 11.6 Å². The van der Waals surface area contributed by atoms with Gasteiger partial charge in [-0.05, 0) is 12.1 Å². The first-order valence-corrected chi connectivity index (χ1v) is 4.89. The first kappa shape index (κ1) is 10.7. The molecule has 2 aromatic heterocycles. The van der Waals surface area contributed by atoms with Crippen LogP contribution in [0.25, 0.3) is 5.65 Å². The molecule has 0 unspecified atom stereocenters. The van der Waals surface area contributed by atoms with Gasteiger partial charge in [-0.3, -0.25) is 4.79 Å². The molecule has 0 aliphatic heterocycles. The SMILES string of the molecule is COC(=O)CNc1nc2ccc(Cl)cn2n1. The number of aromatic nitrogens is 3. The molecule has 16 heavy (non-hydrogen) atoms. The average molecular weight is 241 g/mol. The van der Waals surface area contributed by atoms with Gasteiger partial charge in [0.1, 0.15) is 6.54 Å². The van der Waals surface area contributed by atoms with Gasteiger partial charge in [0.15, 0.2) is 5.65 Å². The number of ether oxygens (including phenoxy) is 1. The molecule has 0 aliphatic rings. The third-order valence-corrected chi connectivity index (χ3v) is 2.14. The molecule has 0 aromatic carbocycles. The molecule has 0 fully saturated rings. The third kappa shape index (κ3) is 2.22. The van der Waals surface area contributed by atoms with Gasteiger partial charge in [-0.15, -0.1) is 5.10 Å². The zero-order valence-corrected chi connectivity index (χ0v) is 9.23. The number of anilines is 1. The second kappa shape index (κ2) is 4.36. The molecule has 7 heteroatoms. The Morgan fingerprint density at radius 3 is 3.19 bits per heavy atom. The van der Waals surface area contributed by atoms with Crippen molar-refractivity contribution < 1.29 is 9.53 Å². The van der Waals surface area contributed by atoms with Crippen LogP contribution in [0.4, 0.5) is 5.95 Å². The molecule has 0 saturated heterocycles. The summed E-state index contributed by atoms with van der Waals surface area (Å²) >= 11 is 5.79. The van der Waals surface area contributed by atoms with Gasteiger partial charge in [0, 0.05) is 6.20 Å². The highest BCUT2D eigenvalue weighted by Crippen LogP contribution is 2.11. The van der Waals surface area contributed by atoms with E-state index in [2.05, 4.69) is 20.1 Å². The molecule has 6 nitrogen and oxygen atoms in total. The van der Waals surface area contributed by atoms with Crippen LogP contribution in [0.1, 0.15) is 0 Å². The van der Waals surface area contributed by atoms with E-state index >= 15 is 0 Å². The summed E-state index contributed by atoms with van der Waals surface area (Å²) in [7, 11) is 1.32. The van der Waals surface area contributed by atoms with Crippen LogP contribution in [0.15, 0.2) is 18.3 Å². The number of hydrogen-bond acceptors (Lipinski definition) is 5. The van der Waals surface area contributed by atoms with E-state index in [1.807, 2.05) is 0 Å². The van der Waals surface area contributed by atoms with Crippen molar-refractivity contribution in [3.8, 4) is 0 Å². The number of hydrogen-bond donors (Lipinski definition) is 1. The Labute approximate surface area is 96.2 Å². The number of nitrogens with zero attached hydrogens (tertiary/aromatic N) is 3. The molecule has 0 spiro atoms. The van der Waals surface area contributed by atoms with Crippen LogP contribution in [0.2, 0.25) is 5.02 Å². The molecule has 0 atom stereocenters. The lowest BCUT2D eigenvalue weighted by atomic mass is 10.5. The molecule has 2 heterocycles. The first-order chi connectivity index (χ1) is 7.69. The number of rotatable bonds is 3. The molecule has 0 amide bonds. The van der Waals surface area contributed by atoms with Crippen LogP contribution in [-0.2, 0) is 9.53 Å². The lowest BCUT2D eigenvalue weighted by Gasteiger charge is -1.98. The van der Waals surface area contributed by atoms with Crippen LogP contribution >= 0.6 is 11.6 Å². The number of nitrogens with one attached hydrogen (secondary N) is 1. The molecule has 2 rings (SSSR count). The maximum absolute atomic E-state index is 10.9. The lowest BCUT2D eigenvalue weighted by Crippen LogP contribution is -2.15. The van der Waals surface area contributed by atoms with E-state index in [-0.39, 0.29) is 12.5 Å². The zero-order valence-electron chi connectivity index (χ0n) is 8.48. The van der Waals surface area contributed by atoms with Gasteiger partial charge in [0.25, 0.3) is 0 Å². The average Bonchev–Trinajstić information content (AvgIpc) is 2.67. The number of pyridine rings is 1. The van der Waals surface area contributed by atoms with E-state index in [1.54, 1.807) is 18.3 Å². The highest BCUT2D eigenvalue weighted by molar-refractivity contribution is 6.30. The van der Waals surface area contributed by atoms with Gasteiger partial charge in [-0.1, -0.05) is 11.6 Å². The van der Waals surface area contributed by atoms with Crippen molar-refractivity contribution in [2.24, 2.45) is 0 Å². The van der Waals surface area contributed by atoms with E-state index in [9.17, 15) is 4.79 Å². The number of fused-ring (bicyclic) bond motifs is 1. The molecule has 1 N–H and O–H groups in total. The van der Waals surface area contributed by atoms with Crippen molar-refractivity contribution in [1.29, 1.82) is 0 Å². The fourth-order valence-electron chi connectivity index (χ4n) is 1.16. The molecular formula is C9H9ClN4O2. The predicted molar refractivity (Wildman–Crippen MR) is 58.5 cm³/mol.